The molecule has 0 saturated carbocycles. The van der Waals surface area contributed by atoms with Gasteiger partial charge in [-0.3, -0.25) is 9.59 Å². The highest BCUT2D eigenvalue weighted by Gasteiger charge is 2.26. The molecule has 0 aliphatic carbocycles. The smallest absolute Gasteiger partial charge is 0.337 e. The van der Waals surface area contributed by atoms with Gasteiger partial charge >= 0.3 is 11.9 Å². The maximum atomic E-state index is 12.7. The van der Waals surface area contributed by atoms with E-state index >= 15 is 0 Å². The number of carbonyl (C=O) groups excluding carboxylic acids is 4. The number of aryl methyl sites for hydroxylation is 1. The monoisotopic (exact) mass is 442 g/mol. The Morgan fingerprint density at radius 2 is 1.66 bits per heavy atom. The van der Waals surface area contributed by atoms with Gasteiger partial charge in [0.1, 0.15) is 6.04 Å². The number of esters is 2. The number of rotatable bonds is 7. The number of hydrogen-bond acceptors (Lipinski definition) is 6. The van der Waals surface area contributed by atoms with Crippen LogP contribution in [-0.2, 0) is 19.1 Å². The van der Waals surface area contributed by atoms with Crippen LogP contribution in [0.3, 0.4) is 0 Å². The van der Waals surface area contributed by atoms with Crippen LogP contribution in [0.2, 0.25) is 0 Å². The van der Waals surface area contributed by atoms with E-state index in [1.54, 1.807) is 58.0 Å². The van der Waals surface area contributed by atoms with Crippen LogP contribution in [0.1, 0.15) is 59.8 Å². The summed E-state index contributed by atoms with van der Waals surface area (Å²) < 4.78 is 11.7. The minimum Gasteiger partial charge on any atom is -0.465 e. The Morgan fingerprint density at radius 1 is 1.06 bits per heavy atom. The van der Waals surface area contributed by atoms with Gasteiger partial charge in [-0.1, -0.05) is 20.8 Å². The predicted octanol–water partition coefficient (Wildman–Crippen LogP) is 3.16. The molecule has 1 aromatic heterocycles. The van der Waals surface area contributed by atoms with E-state index in [0.29, 0.717) is 16.8 Å². The van der Waals surface area contributed by atoms with Crippen molar-refractivity contribution in [3.05, 3.63) is 52.8 Å². The molecule has 172 valence electrons. The summed E-state index contributed by atoms with van der Waals surface area (Å²) in [6, 6.07) is 7.69. The molecule has 1 N–H and O–H groups in total. The molecule has 2 aromatic rings. The Kier molecular flexibility index (Phi) is 7.61. The number of aromatic nitrogens is 1. The average molecular weight is 443 g/mol. The summed E-state index contributed by atoms with van der Waals surface area (Å²) in [4.78, 5) is 48.6. The quantitative estimate of drug-likeness (QED) is 0.522. The lowest BCUT2D eigenvalue weighted by Gasteiger charge is -2.20. The van der Waals surface area contributed by atoms with Crippen LogP contribution in [0, 0.1) is 19.3 Å². The lowest BCUT2D eigenvalue weighted by atomic mass is 9.95. The lowest BCUT2D eigenvalue weighted by molar-refractivity contribution is -0.147. The van der Waals surface area contributed by atoms with Crippen LogP contribution in [0.25, 0.3) is 5.69 Å². The Balaban J connectivity index is 2.10. The highest BCUT2D eigenvalue weighted by atomic mass is 16.5. The number of amides is 1. The van der Waals surface area contributed by atoms with Gasteiger partial charge in [0.2, 0.25) is 11.7 Å². The van der Waals surface area contributed by atoms with Gasteiger partial charge < -0.3 is 19.4 Å². The summed E-state index contributed by atoms with van der Waals surface area (Å²) in [7, 11) is 1.32. The summed E-state index contributed by atoms with van der Waals surface area (Å²) in [5, 5.41) is 2.58. The Morgan fingerprint density at radius 3 is 2.19 bits per heavy atom. The molecular formula is C24H30N2O6. The van der Waals surface area contributed by atoms with E-state index in [0.717, 1.165) is 11.4 Å². The van der Waals surface area contributed by atoms with Crippen LogP contribution < -0.4 is 5.32 Å². The van der Waals surface area contributed by atoms with Crippen molar-refractivity contribution in [3.63, 3.8) is 0 Å². The van der Waals surface area contributed by atoms with E-state index < -0.39 is 30.0 Å². The van der Waals surface area contributed by atoms with Gasteiger partial charge in [0.15, 0.2) is 6.61 Å². The third-order valence-electron chi connectivity index (χ3n) is 5.01. The molecule has 8 heteroatoms. The molecule has 1 atom stereocenters. The molecule has 0 unspecified atom stereocenters. The Hall–Kier alpha value is -3.42. The second-order valence-electron chi connectivity index (χ2n) is 8.63. The van der Waals surface area contributed by atoms with Gasteiger partial charge in [0, 0.05) is 28.1 Å². The number of methoxy groups -OCH3 is 1. The SMILES string of the molecule is COC(=O)c1ccc(-n2c(C)cc(C(=O)COC(=O)[C@H](C)NC(=O)C(C)(C)C)c2C)cc1. The molecule has 0 fully saturated rings. The van der Waals surface area contributed by atoms with E-state index in [-0.39, 0.29) is 11.7 Å². The highest BCUT2D eigenvalue weighted by Crippen LogP contribution is 2.22. The number of Topliss-reactive ketones (excluding diaryl/α,β-unsaturated/α-hetero) is 1. The highest BCUT2D eigenvalue weighted by molar-refractivity contribution is 6.00. The second-order valence-corrected chi connectivity index (χ2v) is 8.63. The molecule has 0 radical (unpaired) electrons. The van der Waals surface area contributed by atoms with Gasteiger partial charge in [-0.25, -0.2) is 9.59 Å². The summed E-state index contributed by atoms with van der Waals surface area (Å²) in [5.74, 6) is -1.74. The van der Waals surface area contributed by atoms with Crippen molar-refractivity contribution in [1.29, 1.82) is 0 Å². The van der Waals surface area contributed by atoms with E-state index in [1.807, 2.05) is 11.5 Å². The summed E-state index contributed by atoms with van der Waals surface area (Å²) in [5.41, 5.74) is 2.49. The van der Waals surface area contributed by atoms with Crippen molar-refractivity contribution in [3.8, 4) is 5.69 Å². The van der Waals surface area contributed by atoms with E-state index in [4.69, 9.17) is 9.47 Å². The van der Waals surface area contributed by atoms with Crippen molar-refractivity contribution < 1.29 is 28.7 Å². The average Bonchev–Trinajstić information content (AvgIpc) is 3.04. The second kappa shape index (κ2) is 9.80. The van der Waals surface area contributed by atoms with Crippen LogP contribution >= 0.6 is 0 Å². The minimum absolute atomic E-state index is 0.282. The van der Waals surface area contributed by atoms with Crippen molar-refractivity contribution in [2.75, 3.05) is 13.7 Å². The van der Waals surface area contributed by atoms with Gasteiger partial charge in [-0.15, -0.1) is 0 Å². The first kappa shape index (κ1) is 24.8. The molecule has 0 aliphatic heterocycles. The molecule has 1 aromatic carbocycles. The van der Waals surface area contributed by atoms with Gasteiger partial charge in [0.05, 0.1) is 12.7 Å². The Bertz CT molecular complexity index is 1030. The zero-order chi connectivity index (χ0) is 24.2. The topological polar surface area (TPSA) is 104 Å². The molecule has 0 bridgehead atoms. The molecule has 32 heavy (non-hydrogen) atoms. The zero-order valence-corrected chi connectivity index (χ0v) is 19.6. The van der Waals surface area contributed by atoms with Gasteiger partial charge in [0.25, 0.3) is 0 Å². The molecular weight excluding hydrogens is 412 g/mol. The number of benzene rings is 1. The van der Waals surface area contributed by atoms with Crippen LogP contribution in [-0.4, -0.2) is 48.0 Å². The fourth-order valence-corrected chi connectivity index (χ4v) is 3.12. The van der Waals surface area contributed by atoms with E-state index in [1.165, 1.54) is 14.0 Å². The van der Waals surface area contributed by atoms with Gasteiger partial charge in [-0.2, -0.15) is 0 Å². The number of nitrogens with one attached hydrogen (secondary N) is 1. The molecule has 0 spiro atoms. The molecule has 0 aliphatic rings. The third-order valence-corrected chi connectivity index (χ3v) is 5.01. The zero-order valence-electron chi connectivity index (χ0n) is 19.6. The van der Waals surface area contributed by atoms with Crippen molar-refractivity contribution in [1.82, 2.24) is 9.88 Å². The number of ether oxygens (including phenoxy) is 2. The summed E-state index contributed by atoms with van der Waals surface area (Å²) in [6.07, 6.45) is 0. The maximum absolute atomic E-state index is 12.7. The number of hydrogen-bond donors (Lipinski definition) is 1. The first-order valence-corrected chi connectivity index (χ1v) is 10.2. The largest absolute Gasteiger partial charge is 0.465 e. The fraction of sp³-hybridized carbons (Fsp3) is 0.417. The van der Waals surface area contributed by atoms with Crippen LogP contribution in [0.5, 0.6) is 0 Å². The van der Waals surface area contributed by atoms with E-state index in [2.05, 4.69) is 5.32 Å². The van der Waals surface area contributed by atoms with Crippen LogP contribution in [0.15, 0.2) is 30.3 Å². The minimum atomic E-state index is -0.865. The molecule has 1 amide bonds. The first-order valence-electron chi connectivity index (χ1n) is 10.2. The van der Waals surface area contributed by atoms with Crippen LogP contribution in [0.4, 0.5) is 0 Å². The van der Waals surface area contributed by atoms with Crippen molar-refractivity contribution in [2.24, 2.45) is 5.41 Å². The standard InChI is InChI=1S/C24H30N2O6/c1-14-12-19(16(3)26(14)18-10-8-17(9-11-18)22(29)31-7)20(27)13-32-21(28)15(2)25-23(30)24(4,5)6/h8-12,15H,13H2,1-7H3,(H,25,30)/t15-/m0/s1. The fourth-order valence-electron chi connectivity index (χ4n) is 3.12. The lowest BCUT2D eigenvalue weighted by Crippen LogP contribution is -2.45. The number of carbonyl (C=O) groups is 4. The van der Waals surface area contributed by atoms with Crippen molar-refractivity contribution in [2.45, 2.75) is 47.6 Å². The Labute approximate surface area is 187 Å². The van der Waals surface area contributed by atoms with E-state index in [9.17, 15) is 19.2 Å². The van der Waals surface area contributed by atoms with Crippen molar-refractivity contribution >= 4 is 23.6 Å². The van der Waals surface area contributed by atoms with Gasteiger partial charge in [-0.05, 0) is 51.1 Å². The normalized spacial score (nSPS) is 12.1. The third kappa shape index (κ3) is 5.63. The molecule has 1 heterocycles. The molecule has 0 saturated heterocycles. The molecule has 2 rings (SSSR count). The first-order chi connectivity index (χ1) is 14.9. The molecule has 8 nitrogen and oxygen atoms in total. The maximum Gasteiger partial charge on any atom is 0.337 e. The summed E-state index contributed by atoms with van der Waals surface area (Å²) >= 11 is 0. The number of ketones is 1. The predicted molar refractivity (Wildman–Crippen MR) is 119 cm³/mol. The number of nitrogens with zero attached hydrogens (tertiary/aromatic N) is 1. The summed E-state index contributed by atoms with van der Waals surface area (Å²) in [6.45, 7) is 9.95.